The van der Waals surface area contributed by atoms with E-state index in [1.807, 2.05) is 25.1 Å². The molecule has 4 amide bonds. The highest BCUT2D eigenvalue weighted by atomic mass is 16.5. The molecule has 134 valence electrons. The Kier molecular flexibility index (Phi) is 4.62. The number of hydrogen-bond acceptors (Lipinski definition) is 4. The average molecular weight is 353 g/mol. The van der Waals surface area contributed by atoms with Crippen LogP contribution in [0.4, 0.5) is 4.79 Å². The van der Waals surface area contributed by atoms with Gasteiger partial charge < -0.3 is 10.1 Å². The van der Waals surface area contributed by atoms with Crippen molar-refractivity contribution in [2.45, 2.75) is 19.4 Å². The van der Waals surface area contributed by atoms with Crippen LogP contribution in [0.15, 0.2) is 54.6 Å². The van der Waals surface area contributed by atoms with Gasteiger partial charge in [0.2, 0.25) is 0 Å². The Bertz CT molecular complexity index is 853. The third-order valence-electron chi connectivity index (χ3n) is 4.23. The maximum atomic E-state index is 12.7. The number of para-hydroxylation sites is 1. The Balaban J connectivity index is 1.66. The lowest BCUT2D eigenvalue weighted by Gasteiger charge is -2.22. The van der Waals surface area contributed by atoms with Crippen LogP contribution in [-0.4, -0.2) is 29.5 Å². The van der Waals surface area contributed by atoms with Crippen molar-refractivity contribution in [1.82, 2.24) is 15.8 Å². The van der Waals surface area contributed by atoms with Gasteiger partial charge in [-0.1, -0.05) is 48.5 Å². The molecule has 0 spiro atoms. The van der Waals surface area contributed by atoms with E-state index in [-0.39, 0.29) is 6.61 Å². The third kappa shape index (κ3) is 3.23. The molecule has 7 heteroatoms. The number of rotatable bonds is 5. The lowest BCUT2D eigenvalue weighted by atomic mass is 9.92. The van der Waals surface area contributed by atoms with E-state index in [0.29, 0.717) is 16.3 Å². The molecule has 0 bridgehead atoms. The van der Waals surface area contributed by atoms with Gasteiger partial charge in [0.1, 0.15) is 11.3 Å². The van der Waals surface area contributed by atoms with Gasteiger partial charge in [0.05, 0.1) is 0 Å². The number of urea groups is 1. The summed E-state index contributed by atoms with van der Waals surface area (Å²) in [6.07, 6.45) is 0. The largest absolute Gasteiger partial charge is 0.483 e. The fourth-order valence-corrected chi connectivity index (χ4v) is 2.73. The standard InChI is InChI=1S/C19H19N3O4/c1-13-8-6-7-11-15(13)26-12-16(23)21-22-17(24)19(2,20-18(22)25)14-9-4-3-5-10-14/h3-11H,12H2,1-2H3,(H,20,25)(H,21,23). The maximum Gasteiger partial charge on any atom is 0.344 e. The van der Waals surface area contributed by atoms with Crippen LogP contribution in [0.5, 0.6) is 5.75 Å². The number of carbonyl (C=O) groups excluding carboxylic acids is 3. The van der Waals surface area contributed by atoms with E-state index < -0.39 is 23.4 Å². The second kappa shape index (κ2) is 6.87. The second-order valence-corrected chi connectivity index (χ2v) is 6.15. The fourth-order valence-electron chi connectivity index (χ4n) is 2.73. The predicted molar refractivity (Wildman–Crippen MR) is 94.0 cm³/mol. The van der Waals surface area contributed by atoms with Gasteiger partial charge in [0, 0.05) is 0 Å². The second-order valence-electron chi connectivity index (χ2n) is 6.15. The Morgan fingerprint density at radius 1 is 1.12 bits per heavy atom. The van der Waals surface area contributed by atoms with Crippen LogP contribution in [0.1, 0.15) is 18.1 Å². The number of carbonyl (C=O) groups is 3. The van der Waals surface area contributed by atoms with Gasteiger partial charge in [-0.05, 0) is 31.0 Å². The van der Waals surface area contributed by atoms with Gasteiger partial charge >= 0.3 is 6.03 Å². The highest BCUT2D eigenvalue weighted by molar-refractivity contribution is 6.08. The number of amides is 4. The topological polar surface area (TPSA) is 87.7 Å². The summed E-state index contributed by atoms with van der Waals surface area (Å²) in [5.41, 5.74) is 2.58. The first-order valence-electron chi connectivity index (χ1n) is 8.12. The maximum absolute atomic E-state index is 12.7. The molecule has 1 unspecified atom stereocenters. The van der Waals surface area contributed by atoms with Gasteiger partial charge in [-0.15, -0.1) is 0 Å². The van der Waals surface area contributed by atoms with Crippen molar-refractivity contribution in [2.75, 3.05) is 6.61 Å². The fraction of sp³-hybridized carbons (Fsp3) is 0.211. The number of benzene rings is 2. The summed E-state index contributed by atoms with van der Waals surface area (Å²) in [7, 11) is 0. The quantitative estimate of drug-likeness (QED) is 0.804. The normalized spacial score (nSPS) is 19.2. The smallest absolute Gasteiger partial charge is 0.344 e. The molecule has 26 heavy (non-hydrogen) atoms. The molecule has 0 aromatic heterocycles. The molecule has 2 aromatic rings. The molecule has 1 aliphatic heterocycles. The van der Waals surface area contributed by atoms with E-state index >= 15 is 0 Å². The number of aryl methyl sites for hydroxylation is 1. The summed E-state index contributed by atoms with van der Waals surface area (Å²) >= 11 is 0. The molecule has 2 N–H and O–H groups in total. The highest BCUT2D eigenvalue weighted by Gasteiger charge is 2.49. The summed E-state index contributed by atoms with van der Waals surface area (Å²) in [5, 5.41) is 3.31. The van der Waals surface area contributed by atoms with Crippen molar-refractivity contribution >= 4 is 17.8 Å². The number of nitrogens with one attached hydrogen (secondary N) is 2. The molecule has 0 saturated carbocycles. The molecule has 2 aromatic carbocycles. The van der Waals surface area contributed by atoms with E-state index in [2.05, 4.69) is 10.7 Å². The third-order valence-corrected chi connectivity index (χ3v) is 4.23. The van der Waals surface area contributed by atoms with Gasteiger partial charge in [0.15, 0.2) is 6.61 Å². The first-order valence-corrected chi connectivity index (χ1v) is 8.12. The molecule has 0 radical (unpaired) electrons. The minimum atomic E-state index is -1.23. The molecule has 1 aliphatic rings. The molecule has 1 saturated heterocycles. The zero-order valence-electron chi connectivity index (χ0n) is 14.5. The first kappa shape index (κ1) is 17.5. The van der Waals surface area contributed by atoms with Gasteiger partial charge in [-0.2, -0.15) is 5.01 Å². The Morgan fingerprint density at radius 3 is 2.46 bits per heavy atom. The minimum absolute atomic E-state index is 0.316. The average Bonchev–Trinajstić information content (AvgIpc) is 2.86. The van der Waals surface area contributed by atoms with Crippen molar-refractivity contribution in [2.24, 2.45) is 0 Å². The SMILES string of the molecule is Cc1ccccc1OCC(=O)NN1C(=O)NC(C)(c2ccccc2)C1=O. The summed E-state index contributed by atoms with van der Waals surface area (Å²) in [5.74, 6) is -0.596. The van der Waals surface area contributed by atoms with Crippen molar-refractivity contribution in [1.29, 1.82) is 0 Å². The van der Waals surface area contributed by atoms with Crippen LogP contribution in [0.2, 0.25) is 0 Å². The van der Waals surface area contributed by atoms with Crippen molar-refractivity contribution < 1.29 is 19.1 Å². The van der Waals surface area contributed by atoms with Crippen molar-refractivity contribution in [3.05, 3.63) is 65.7 Å². The highest BCUT2D eigenvalue weighted by Crippen LogP contribution is 2.27. The molecule has 3 rings (SSSR count). The minimum Gasteiger partial charge on any atom is -0.483 e. The zero-order chi connectivity index (χ0) is 18.7. The first-order chi connectivity index (χ1) is 12.4. The molecule has 7 nitrogen and oxygen atoms in total. The van der Waals surface area contributed by atoms with E-state index in [4.69, 9.17) is 4.74 Å². The predicted octanol–water partition coefficient (Wildman–Crippen LogP) is 1.87. The Morgan fingerprint density at radius 2 is 1.77 bits per heavy atom. The van der Waals surface area contributed by atoms with Crippen LogP contribution >= 0.6 is 0 Å². The van der Waals surface area contributed by atoms with Crippen LogP contribution in [0.25, 0.3) is 0 Å². The summed E-state index contributed by atoms with van der Waals surface area (Å²) in [4.78, 5) is 37.0. The lowest BCUT2D eigenvalue weighted by molar-refractivity contribution is -0.139. The van der Waals surface area contributed by atoms with Crippen molar-refractivity contribution in [3.63, 3.8) is 0 Å². The lowest BCUT2D eigenvalue weighted by Crippen LogP contribution is -2.49. The zero-order valence-corrected chi connectivity index (χ0v) is 14.5. The Hall–Kier alpha value is -3.35. The molecule has 1 atom stereocenters. The van der Waals surface area contributed by atoms with Gasteiger partial charge in [-0.25, -0.2) is 4.79 Å². The number of ether oxygens (including phenoxy) is 1. The molecule has 1 heterocycles. The van der Waals surface area contributed by atoms with Crippen LogP contribution < -0.4 is 15.5 Å². The number of imide groups is 1. The van der Waals surface area contributed by atoms with Crippen LogP contribution in [0.3, 0.4) is 0 Å². The number of nitrogens with zero attached hydrogens (tertiary/aromatic N) is 1. The summed E-state index contributed by atoms with van der Waals surface area (Å²) in [6, 6.07) is 15.4. The van der Waals surface area contributed by atoms with Crippen molar-refractivity contribution in [3.8, 4) is 5.75 Å². The van der Waals surface area contributed by atoms with Gasteiger partial charge in [0.25, 0.3) is 11.8 Å². The number of hydrazine groups is 1. The summed E-state index contributed by atoms with van der Waals surface area (Å²) < 4.78 is 5.43. The molecule has 0 aliphatic carbocycles. The molecule has 1 fully saturated rings. The molecular weight excluding hydrogens is 334 g/mol. The Labute approximate surface area is 150 Å². The van der Waals surface area contributed by atoms with Crippen LogP contribution in [0, 0.1) is 6.92 Å². The monoisotopic (exact) mass is 353 g/mol. The number of hydrogen-bond donors (Lipinski definition) is 2. The van der Waals surface area contributed by atoms with E-state index in [1.54, 1.807) is 43.3 Å². The van der Waals surface area contributed by atoms with E-state index in [1.165, 1.54) is 0 Å². The van der Waals surface area contributed by atoms with Crippen LogP contribution in [-0.2, 0) is 15.1 Å². The van der Waals surface area contributed by atoms with E-state index in [9.17, 15) is 14.4 Å². The van der Waals surface area contributed by atoms with E-state index in [0.717, 1.165) is 5.56 Å². The molecular formula is C19H19N3O4. The van der Waals surface area contributed by atoms with Gasteiger partial charge in [-0.3, -0.25) is 15.0 Å². The summed E-state index contributed by atoms with van der Waals surface area (Å²) in [6.45, 7) is 3.14.